The van der Waals surface area contributed by atoms with E-state index in [2.05, 4.69) is 0 Å². The number of hydrogen-bond donors (Lipinski definition) is 1. The highest BCUT2D eigenvalue weighted by molar-refractivity contribution is 5.78. The van der Waals surface area contributed by atoms with Crippen molar-refractivity contribution in [3.8, 4) is 0 Å². The third-order valence-electron chi connectivity index (χ3n) is 3.92. The Hall–Kier alpha value is -1.39. The molecule has 2 unspecified atom stereocenters. The molecule has 2 rings (SSSR count). The molecular weight excluding hydrogens is 254 g/mol. The molecule has 0 spiro atoms. The molecule has 0 radical (unpaired) electrons. The lowest BCUT2D eigenvalue weighted by molar-refractivity contribution is -0.145. The van der Waals surface area contributed by atoms with E-state index in [1.807, 2.05) is 38.1 Å². The number of benzene rings is 1. The number of nitrogens with two attached hydrogens (primary N) is 1. The van der Waals surface area contributed by atoms with E-state index < -0.39 is 0 Å². The molecule has 1 aromatic carbocycles. The SMILES string of the molecule is CCOC(=O)C(CC)c1ccc(C2(N)CCOC2)cc1. The monoisotopic (exact) mass is 277 g/mol. The smallest absolute Gasteiger partial charge is 0.313 e. The van der Waals surface area contributed by atoms with Crippen LogP contribution in [0.1, 0.15) is 43.7 Å². The summed E-state index contributed by atoms with van der Waals surface area (Å²) in [5.41, 5.74) is 8.00. The minimum absolute atomic E-state index is 0.158. The fraction of sp³-hybridized carbons (Fsp3) is 0.562. The molecule has 1 aromatic rings. The van der Waals surface area contributed by atoms with Gasteiger partial charge in [0.25, 0.3) is 0 Å². The van der Waals surface area contributed by atoms with Crippen molar-refractivity contribution in [2.75, 3.05) is 19.8 Å². The van der Waals surface area contributed by atoms with E-state index in [0.29, 0.717) is 19.8 Å². The van der Waals surface area contributed by atoms with Gasteiger partial charge >= 0.3 is 5.97 Å². The highest BCUT2D eigenvalue weighted by atomic mass is 16.5. The summed E-state index contributed by atoms with van der Waals surface area (Å²) in [6.45, 7) is 5.49. The van der Waals surface area contributed by atoms with Gasteiger partial charge in [0.05, 0.1) is 24.7 Å². The van der Waals surface area contributed by atoms with Gasteiger partial charge in [0.2, 0.25) is 0 Å². The number of carbonyl (C=O) groups excluding carboxylic acids is 1. The molecule has 0 saturated carbocycles. The average molecular weight is 277 g/mol. The third kappa shape index (κ3) is 3.02. The van der Waals surface area contributed by atoms with Gasteiger partial charge in [-0.25, -0.2) is 0 Å². The number of rotatable bonds is 5. The van der Waals surface area contributed by atoms with Crippen LogP contribution in [-0.4, -0.2) is 25.8 Å². The summed E-state index contributed by atoms with van der Waals surface area (Å²) in [5.74, 6) is -0.355. The zero-order valence-corrected chi connectivity index (χ0v) is 12.2. The highest BCUT2D eigenvalue weighted by Crippen LogP contribution is 2.29. The normalized spacial score (nSPS) is 23.6. The van der Waals surface area contributed by atoms with Crippen LogP contribution in [0.25, 0.3) is 0 Å². The second-order valence-electron chi connectivity index (χ2n) is 5.29. The molecule has 1 aliphatic heterocycles. The predicted molar refractivity (Wildman–Crippen MR) is 77.4 cm³/mol. The van der Waals surface area contributed by atoms with Gasteiger partial charge in [-0.1, -0.05) is 31.2 Å². The number of esters is 1. The summed E-state index contributed by atoms with van der Waals surface area (Å²) in [6, 6.07) is 7.97. The summed E-state index contributed by atoms with van der Waals surface area (Å²) in [5, 5.41) is 0. The van der Waals surface area contributed by atoms with E-state index in [-0.39, 0.29) is 17.4 Å². The summed E-state index contributed by atoms with van der Waals surface area (Å²) >= 11 is 0. The van der Waals surface area contributed by atoms with Crippen molar-refractivity contribution >= 4 is 5.97 Å². The molecule has 1 fully saturated rings. The van der Waals surface area contributed by atoms with E-state index >= 15 is 0 Å². The molecule has 1 saturated heterocycles. The fourth-order valence-electron chi connectivity index (χ4n) is 2.64. The molecule has 2 N–H and O–H groups in total. The summed E-state index contributed by atoms with van der Waals surface area (Å²) in [6.07, 6.45) is 1.57. The summed E-state index contributed by atoms with van der Waals surface area (Å²) in [4.78, 5) is 11.9. The van der Waals surface area contributed by atoms with Crippen molar-refractivity contribution in [2.45, 2.75) is 38.1 Å². The summed E-state index contributed by atoms with van der Waals surface area (Å²) < 4.78 is 10.5. The van der Waals surface area contributed by atoms with Crippen molar-refractivity contribution in [1.29, 1.82) is 0 Å². The molecule has 0 aromatic heterocycles. The van der Waals surface area contributed by atoms with Crippen LogP contribution in [0, 0.1) is 0 Å². The molecule has 0 amide bonds. The average Bonchev–Trinajstić information content (AvgIpc) is 2.89. The van der Waals surface area contributed by atoms with Crippen LogP contribution in [0.15, 0.2) is 24.3 Å². The topological polar surface area (TPSA) is 61.5 Å². The Balaban J connectivity index is 2.16. The van der Waals surface area contributed by atoms with Gasteiger partial charge in [-0.15, -0.1) is 0 Å². The van der Waals surface area contributed by atoms with Gasteiger partial charge in [0, 0.05) is 6.61 Å². The van der Waals surface area contributed by atoms with Crippen LogP contribution in [0.2, 0.25) is 0 Å². The molecule has 4 heteroatoms. The maximum absolute atomic E-state index is 11.9. The quantitative estimate of drug-likeness (QED) is 0.839. The van der Waals surface area contributed by atoms with Gasteiger partial charge in [-0.2, -0.15) is 0 Å². The van der Waals surface area contributed by atoms with Gasteiger partial charge < -0.3 is 15.2 Å². The van der Waals surface area contributed by atoms with Crippen LogP contribution < -0.4 is 5.73 Å². The van der Waals surface area contributed by atoms with Crippen molar-refractivity contribution in [3.63, 3.8) is 0 Å². The number of carbonyl (C=O) groups is 1. The Bertz CT molecular complexity index is 449. The molecule has 2 atom stereocenters. The predicted octanol–water partition coefficient (Wildman–Crippen LogP) is 2.32. The fourth-order valence-corrected chi connectivity index (χ4v) is 2.64. The number of ether oxygens (including phenoxy) is 2. The van der Waals surface area contributed by atoms with Gasteiger partial charge in [0.15, 0.2) is 0 Å². The molecule has 1 heterocycles. The van der Waals surface area contributed by atoms with Crippen LogP contribution in [-0.2, 0) is 19.8 Å². The van der Waals surface area contributed by atoms with Crippen molar-refractivity contribution in [3.05, 3.63) is 35.4 Å². The Labute approximate surface area is 120 Å². The van der Waals surface area contributed by atoms with Crippen LogP contribution in [0.4, 0.5) is 0 Å². The maximum atomic E-state index is 11.9. The minimum atomic E-state index is -0.385. The first-order valence-corrected chi connectivity index (χ1v) is 7.24. The lowest BCUT2D eigenvalue weighted by Crippen LogP contribution is -2.36. The second kappa shape index (κ2) is 6.37. The molecule has 0 bridgehead atoms. The Morgan fingerprint density at radius 3 is 2.60 bits per heavy atom. The first kappa shape index (κ1) is 15.0. The molecular formula is C16H23NO3. The second-order valence-corrected chi connectivity index (χ2v) is 5.29. The zero-order valence-electron chi connectivity index (χ0n) is 12.2. The number of hydrogen-bond acceptors (Lipinski definition) is 4. The molecule has 1 aliphatic rings. The molecule has 4 nitrogen and oxygen atoms in total. The van der Waals surface area contributed by atoms with E-state index in [4.69, 9.17) is 15.2 Å². The van der Waals surface area contributed by atoms with Crippen molar-refractivity contribution in [1.82, 2.24) is 0 Å². The standard InChI is InChI=1S/C16H23NO3/c1-3-14(15(18)20-4-2)12-5-7-13(8-6-12)16(17)9-10-19-11-16/h5-8,14H,3-4,9-11,17H2,1-2H3. The van der Waals surface area contributed by atoms with Gasteiger partial charge in [-0.3, -0.25) is 4.79 Å². The maximum Gasteiger partial charge on any atom is 0.313 e. The molecule has 0 aliphatic carbocycles. The first-order valence-electron chi connectivity index (χ1n) is 7.24. The van der Waals surface area contributed by atoms with E-state index in [9.17, 15) is 4.79 Å². The van der Waals surface area contributed by atoms with Crippen molar-refractivity contribution in [2.24, 2.45) is 5.73 Å². The third-order valence-corrected chi connectivity index (χ3v) is 3.92. The van der Waals surface area contributed by atoms with E-state index in [1.54, 1.807) is 0 Å². The first-order chi connectivity index (χ1) is 9.60. The van der Waals surface area contributed by atoms with Crippen LogP contribution in [0.5, 0.6) is 0 Å². The Morgan fingerprint density at radius 2 is 2.10 bits per heavy atom. The summed E-state index contributed by atoms with van der Waals surface area (Å²) in [7, 11) is 0. The van der Waals surface area contributed by atoms with Crippen molar-refractivity contribution < 1.29 is 14.3 Å². The van der Waals surface area contributed by atoms with E-state index in [1.165, 1.54) is 0 Å². The van der Waals surface area contributed by atoms with Gasteiger partial charge in [0.1, 0.15) is 0 Å². The highest BCUT2D eigenvalue weighted by Gasteiger charge is 2.32. The minimum Gasteiger partial charge on any atom is -0.466 e. The Kier molecular flexibility index (Phi) is 4.78. The van der Waals surface area contributed by atoms with Gasteiger partial charge in [-0.05, 0) is 30.9 Å². The van der Waals surface area contributed by atoms with E-state index in [0.717, 1.165) is 24.0 Å². The van der Waals surface area contributed by atoms with Crippen LogP contribution in [0.3, 0.4) is 0 Å². The lowest BCUT2D eigenvalue weighted by Gasteiger charge is -2.23. The zero-order chi connectivity index (χ0) is 14.6. The lowest BCUT2D eigenvalue weighted by atomic mass is 9.88. The largest absolute Gasteiger partial charge is 0.466 e. The molecule has 110 valence electrons. The van der Waals surface area contributed by atoms with Crippen LogP contribution >= 0.6 is 0 Å². The molecule has 20 heavy (non-hydrogen) atoms. The Morgan fingerprint density at radius 1 is 1.40 bits per heavy atom.